The van der Waals surface area contributed by atoms with Crippen LogP contribution in [-0.4, -0.2) is 33.9 Å². The van der Waals surface area contributed by atoms with Gasteiger partial charge in [0.1, 0.15) is 5.56 Å². The standard InChI is InChI=1S/C11H11ClN2O4/c12-7-3-4-8(14(17)18)10(15)9(7)11(16)13-5-1-2-6-13/h3-4,15H,1-2,5-6H2. The molecule has 0 unspecified atom stereocenters. The highest BCUT2D eigenvalue weighted by Crippen LogP contribution is 2.35. The summed E-state index contributed by atoms with van der Waals surface area (Å²) in [5.41, 5.74) is -0.699. The molecule has 1 aromatic rings. The lowest BCUT2D eigenvalue weighted by Crippen LogP contribution is -2.28. The van der Waals surface area contributed by atoms with Gasteiger partial charge in [0.05, 0.1) is 9.95 Å². The van der Waals surface area contributed by atoms with Gasteiger partial charge in [0.25, 0.3) is 5.91 Å². The van der Waals surface area contributed by atoms with Gasteiger partial charge in [0, 0.05) is 19.2 Å². The van der Waals surface area contributed by atoms with E-state index in [-0.39, 0.29) is 10.6 Å². The summed E-state index contributed by atoms with van der Waals surface area (Å²) in [6, 6.07) is 2.33. The molecule has 0 bridgehead atoms. The Labute approximate surface area is 108 Å². The Morgan fingerprint density at radius 1 is 1.39 bits per heavy atom. The summed E-state index contributed by atoms with van der Waals surface area (Å²) < 4.78 is 0. The molecular formula is C11H11ClN2O4. The number of carbonyl (C=O) groups excluding carboxylic acids is 1. The molecular weight excluding hydrogens is 260 g/mol. The van der Waals surface area contributed by atoms with Gasteiger partial charge in [-0.1, -0.05) is 11.6 Å². The number of hydrogen-bond donors (Lipinski definition) is 1. The Kier molecular flexibility index (Phi) is 3.38. The van der Waals surface area contributed by atoms with Crippen LogP contribution in [0.1, 0.15) is 23.2 Å². The Hall–Kier alpha value is -1.82. The molecule has 1 N–H and O–H groups in total. The van der Waals surface area contributed by atoms with Crippen LogP contribution < -0.4 is 0 Å². The van der Waals surface area contributed by atoms with Crippen LogP contribution in [0.2, 0.25) is 5.02 Å². The first kappa shape index (κ1) is 12.6. The van der Waals surface area contributed by atoms with E-state index in [0.717, 1.165) is 18.9 Å². The molecule has 1 heterocycles. The summed E-state index contributed by atoms with van der Waals surface area (Å²) in [6.07, 6.45) is 1.78. The number of rotatable bonds is 2. The summed E-state index contributed by atoms with van der Waals surface area (Å²) in [5, 5.41) is 20.5. The van der Waals surface area contributed by atoms with Gasteiger partial charge < -0.3 is 10.0 Å². The highest BCUT2D eigenvalue weighted by molar-refractivity contribution is 6.34. The van der Waals surface area contributed by atoms with E-state index >= 15 is 0 Å². The lowest BCUT2D eigenvalue weighted by Gasteiger charge is -2.16. The molecule has 96 valence electrons. The topological polar surface area (TPSA) is 83.7 Å². The number of carbonyl (C=O) groups is 1. The quantitative estimate of drug-likeness (QED) is 0.659. The molecule has 1 aromatic carbocycles. The van der Waals surface area contributed by atoms with Crippen LogP contribution in [0, 0.1) is 10.1 Å². The van der Waals surface area contributed by atoms with Crippen molar-refractivity contribution in [2.45, 2.75) is 12.8 Å². The molecule has 0 aliphatic carbocycles. The highest BCUT2D eigenvalue weighted by Gasteiger charge is 2.28. The van der Waals surface area contributed by atoms with Crippen LogP contribution >= 0.6 is 11.6 Å². The second kappa shape index (κ2) is 4.81. The van der Waals surface area contributed by atoms with E-state index in [0.29, 0.717) is 13.1 Å². The van der Waals surface area contributed by atoms with Gasteiger partial charge in [-0.25, -0.2) is 0 Å². The number of aromatic hydroxyl groups is 1. The Morgan fingerprint density at radius 2 is 2.00 bits per heavy atom. The molecule has 1 aliphatic rings. The number of nitro benzene ring substituents is 1. The normalized spacial score (nSPS) is 14.8. The third kappa shape index (κ3) is 2.11. The zero-order chi connectivity index (χ0) is 13.3. The number of nitro groups is 1. The average molecular weight is 271 g/mol. The van der Waals surface area contributed by atoms with Crippen LogP contribution in [0.5, 0.6) is 5.75 Å². The minimum absolute atomic E-state index is 0.0231. The maximum absolute atomic E-state index is 12.1. The first-order valence-electron chi connectivity index (χ1n) is 5.47. The van der Waals surface area contributed by atoms with E-state index in [1.165, 1.54) is 11.0 Å². The van der Waals surface area contributed by atoms with Crippen molar-refractivity contribution in [1.82, 2.24) is 4.90 Å². The van der Waals surface area contributed by atoms with Crippen molar-refractivity contribution < 1.29 is 14.8 Å². The Balaban J connectivity index is 2.45. The van der Waals surface area contributed by atoms with Crippen LogP contribution in [0.15, 0.2) is 12.1 Å². The molecule has 2 rings (SSSR count). The van der Waals surface area contributed by atoms with Crippen molar-refractivity contribution in [3.05, 3.63) is 32.8 Å². The summed E-state index contributed by atoms with van der Waals surface area (Å²) >= 11 is 5.85. The maximum Gasteiger partial charge on any atom is 0.311 e. The van der Waals surface area contributed by atoms with Crippen molar-refractivity contribution in [1.29, 1.82) is 0 Å². The monoisotopic (exact) mass is 270 g/mol. The third-order valence-corrected chi connectivity index (χ3v) is 3.22. The van der Waals surface area contributed by atoms with Gasteiger partial charge in [-0.2, -0.15) is 0 Å². The molecule has 0 spiro atoms. The number of benzene rings is 1. The van der Waals surface area contributed by atoms with Gasteiger partial charge >= 0.3 is 5.69 Å². The predicted octanol–water partition coefficient (Wildman–Crippen LogP) is 2.19. The number of phenolic OH excluding ortho intramolecular Hbond substituents is 1. The van der Waals surface area contributed by atoms with Crippen LogP contribution in [0.25, 0.3) is 0 Å². The zero-order valence-electron chi connectivity index (χ0n) is 9.43. The van der Waals surface area contributed by atoms with Gasteiger partial charge in [-0.05, 0) is 18.9 Å². The molecule has 0 aromatic heterocycles. The van der Waals surface area contributed by atoms with Gasteiger partial charge in [0.2, 0.25) is 5.75 Å². The first-order valence-corrected chi connectivity index (χ1v) is 5.85. The SMILES string of the molecule is O=C(c1c(Cl)ccc([N+](=O)[O-])c1O)N1CCCC1. The zero-order valence-corrected chi connectivity index (χ0v) is 10.2. The summed E-state index contributed by atoms with van der Waals surface area (Å²) in [7, 11) is 0. The molecule has 0 atom stereocenters. The predicted molar refractivity (Wildman–Crippen MR) is 64.9 cm³/mol. The number of likely N-dealkylation sites (tertiary alicyclic amines) is 1. The van der Waals surface area contributed by atoms with E-state index < -0.39 is 22.3 Å². The minimum atomic E-state index is -0.744. The third-order valence-electron chi connectivity index (χ3n) is 2.91. The summed E-state index contributed by atoms with van der Waals surface area (Å²) in [5.74, 6) is -1.12. The van der Waals surface area contributed by atoms with Crippen LogP contribution in [-0.2, 0) is 0 Å². The molecule has 1 saturated heterocycles. The number of nitrogens with zero attached hydrogens (tertiary/aromatic N) is 2. The molecule has 6 nitrogen and oxygen atoms in total. The molecule has 7 heteroatoms. The smallest absolute Gasteiger partial charge is 0.311 e. The lowest BCUT2D eigenvalue weighted by atomic mass is 10.1. The van der Waals surface area contributed by atoms with Gasteiger partial charge in [-0.3, -0.25) is 14.9 Å². The molecule has 1 aliphatic heterocycles. The molecule has 0 radical (unpaired) electrons. The van der Waals surface area contributed by atoms with E-state index in [9.17, 15) is 20.0 Å². The first-order chi connectivity index (χ1) is 8.52. The maximum atomic E-state index is 12.1. The number of halogens is 1. The highest BCUT2D eigenvalue weighted by atomic mass is 35.5. The van der Waals surface area contributed by atoms with E-state index in [2.05, 4.69) is 0 Å². The number of hydrogen-bond acceptors (Lipinski definition) is 4. The molecule has 18 heavy (non-hydrogen) atoms. The number of amides is 1. The fourth-order valence-electron chi connectivity index (χ4n) is 1.98. The van der Waals surface area contributed by atoms with Gasteiger partial charge in [-0.15, -0.1) is 0 Å². The minimum Gasteiger partial charge on any atom is -0.501 e. The van der Waals surface area contributed by atoms with Crippen molar-refractivity contribution in [3.63, 3.8) is 0 Å². The van der Waals surface area contributed by atoms with Crippen molar-refractivity contribution in [2.75, 3.05) is 13.1 Å². The van der Waals surface area contributed by atoms with E-state index in [4.69, 9.17) is 11.6 Å². The van der Waals surface area contributed by atoms with E-state index in [1.54, 1.807) is 0 Å². The average Bonchev–Trinajstić information content (AvgIpc) is 2.81. The lowest BCUT2D eigenvalue weighted by molar-refractivity contribution is -0.385. The largest absolute Gasteiger partial charge is 0.501 e. The van der Waals surface area contributed by atoms with Crippen molar-refractivity contribution in [3.8, 4) is 5.75 Å². The van der Waals surface area contributed by atoms with Gasteiger partial charge in [0.15, 0.2) is 0 Å². The fourth-order valence-corrected chi connectivity index (χ4v) is 2.22. The van der Waals surface area contributed by atoms with Crippen LogP contribution in [0.3, 0.4) is 0 Å². The number of phenols is 1. The van der Waals surface area contributed by atoms with E-state index in [1.807, 2.05) is 0 Å². The molecule has 0 saturated carbocycles. The van der Waals surface area contributed by atoms with Crippen molar-refractivity contribution >= 4 is 23.2 Å². The summed E-state index contributed by atoms with van der Waals surface area (Å²) in [6.45, 7) is 1.16. The Morgan fingerprint density at radius 3 is 2.56 bits per heavy atom. The molecule has 1 amide bonds. The molecule has 1 fully saturated rings. The Bertz CT molecular complexity index is 512. The fraction of sp³-hybridized carbons (Fsp3) is 0.364. The summed E-state index contributed by atoms with van der Waals surface area (Å²) in [4.78, 5) is 23.6. The van der Waals surface area contributed by atoms with Crippen LogP contribution in [0.4, 0.5) is 5.69 Å². The van der Waals surface area contributed by atoms with Crippen molar-refractivity contribution in [2.24, 2.45) is 0 Å². The second-order valence-electron chi connectivity index (χ2n) is 4.05. The second-order valence-corrected chi connectivity index (χ2v) is 4.45.